The van der Waals surface area contributed by atoms with Gasteiger partial charge in [-0.3, -0.25) is 4.99 Å². The molecule has 2 N–H and O–H groups in total. The topological polar surface area (TPSA) is 60.1 Å². The molecule has 5 heteroatoms. The Balaban J connectivity index is 1.91. The van der Waals surface area contributed by atoms with Crippen LogP contribution in [0.3, 0.4) is 0 Å². The summed E-state index contributed by atoms with van der Waals surface area (Å²) in [4.78, 5) is 6.76. The van der Waals surface area contributed by atoms with E-state index >= 15 is 0 Å². The first-order valence-corrected chi connectivity index (χ1v) is 7.54. The van der Waals surface area contributed by atoms with Gasteiger partial charge >= 0.3 is 0 Å². The van der Waals surface area contributed by atoms with Gasteiger partial charge in [-0.2, -0.15) is 0 Å². The fraction of sp³-hybridized carbons (Fsp3) is 0.562. The second-order valence-corrected chi connectivity index (χ2v) is 5.71. The van der Waals surface area contributed by atoms with Gasteiger partial charge in [0.1, 0.15) is 11.5 Å². The van der Waals surface area contributed by atoms with Gasteiger partial charge in [-0.1, -0.05) is 12.8 Å². The van der Waals surface area contributed by atoms with Crippen LogP contribution in [0.4, 0.5) is 0 Å². The Morgan fingerprint density at radius 1 is 1.10 bits per heavy atom. The van der Waals surface area contributed by atoms with Gasteiger partial charge in [0, 0.05) is 12.1 Å². The van der Waals surface area contributed by atoms with E-state index in [2.05, 4.69) is 22.0 Å². The fourth-order valence-corrected chi connectivity index (χ4v) is 3.42. The Morgan fingerprint density at radius 2 is 1.71 bits per heavy atom. The van der Waals surface area contributed by atoms with E-state index in [4.69, 9.17) is 15.2 Å². The maximum atomic E-state index is 6.14. The van der Waals surface area contributed by atoms with E-state index in [1.807, 2.05) is 6.07 Å². The van der Waals surface area contributed by atoms with Gasteiger partial charge in [0.2, 0.25) is 0 Å². The first-order chi connectivity index (χ1) is 10.2. The Kier molecular flexibility index (Phi) is 3.90. The van der Waals surface area contributed by atoms with Gasteiger partial charge in [-0.25, -0.2) is 0 Å². The number of hydrogen-bond donors (Lipinski definition) is 1. The fourth-order valence-electron chi connectivity index (χ4n) is 3.42. The van der Waals surface area contributed by atoms with E-state index in [1.54, 1.807) is 14.2 Å². The summed E-state index contributed by atoms with van der Waals surface area (Å²) in [6.45, 7) is 0.707. The molecule has 0 aromatic heterocycles. The summed E-state index contributed by atoms with van der Waals surface area (Å²) in [5, 5.41) is 0. The first kappa shape index (κ1) is 14.0. The quantitative estimate of drug-likeness (QED) is 0.924. The molecule has 1 unspecified atom stereocenters. The van der Waals surface area contributed by atoms with Crippen LogP contribution >= 0.6 is 0 Å². The van der Waals surface area contributed by atoms with Crippen molar-refractivity contribution in [1.29, 1.82) is 0 Å². The van der Waals surface area contributed by atoms with E-state index in [9.17, 15) is 0 Å². The molecule has 3 rings (SSSR count). The van der Waals surface area contributed by atoms with Crippen LogP contribution in [-0.2, 0) is 0 Å². The van der Waals surface area contributed by atoms with Crippen molar-refractivity contribution in [2.75, 3.05) is 20.8 Å². The largest absolute Gasteiger partial charge is 0.497 e. The second-order valence-electron chi connectivity index (χ2n) is 5.71. The minimum atomic E-state index is 0.192. The molecule has 0 amide bonds. The molecule has 0 spiro atoms. The summed E-state index contributed by atoms with van der Waals surface area (Å²) < 4.78 is 10.8. The van der Waals surface area contributed by atoms with Gasteiger partial charge in [0.25, 0.3) is 0 Å². The molecule has 1 atom stereocenters. The minimum absolute atomic E-state index is 0.192. The second kappa shape index (κ2) is 5.84. The third-order valence-electron chi connectivity index (χ3n) is 4.50. The summed E-state index contributed by atoms with van der Waals surface area (Å²) in [7, 11) is 3.35. The first-order valence-electron chi connectivity index (χ1n) is 7.54. The number of hydrogen-bond acceptors (Lipinski definition) is 5. The van der Waals surface area contributed by atoms with Crippen LogP contribution in [0.15, 0.2) is 23.2 Å². The molecule has 0 saturated heterocycles. The third-order valence-corrected chi connectivity index (χ3v) is 4.50. The predicted octanol–water partition coefficient (Wildman–Crippen LogP) is 2.32. The van der Waals surface area contributed by atoms with Crippen LogP contribution in [0.25, 0.3) is 0 Å². The number of nitrogens with two attached hydrogens (primary N) is 1. The van der Waals surface area contributed by atoms with E-state index in [0.29, 0.717) is 18.5 Å². The molecule has 1 aromatic rings. The van der Waals surface area contributed by atoms with E-state index in [-0.39, 0.29) is 6.04 Å². The zero-order chi connectivity index (χ0) is 14.8. The highest BCUT2D eigenvalue weighted by molar-refractivity contribution is 5.81. The molecule has 5 nitrogen and oxygen atoms in total. The number of ether oxygens (including phenoxy) is 2. The van der Waals surface area contributed by atoms with Crippen molar-refractivity contribution in [1.82, 2.24) is 4.90 Å². The lowest BCUT2D eigenvalue weighted by Crippen LogP contribution is -2.42. The number of benzene rings is 1. The predicted molar refractivity (Wildman–Crippen MR) is 82.9 cm³/mol. The number of methoxy groups -OCH3 is 2. The van der Waals surface area contributed by atoms with E-state index in [1.165, 1.54) is 25.7 Å². The molecule has 2 aliphatic rings. The van der Waals surface area contributed by atoms with Crippen molar-refractivity contribution in [2.24, 2.45) is 10.7 Å². The normalized spacial score (nSPS) is 22.5. The summed E-state index contributed by atoms with van der Waals surface area (Å²) in [5.74, 6) is 2.29. The molecular formula is C16H23N3O2. The van der Waals surface area contributed by atoms with Gasteiger partial charge in [0.15, 0.2) is 5.96 Å². The van der Waals surface area contributed by atoms with Gasteiger partial charge < -0.3 is 20.1 Å². The van der Waals surface area contributed by atoms with Crippen molar-refractivity contribution in [2.45, 2.75) is 37.8 Å². The van der Waals surface area contributed by atoms with Gasteiger partial charge in [-0.15, -0.1) is 0 Å². The zero-order valence-corrected chi connectivity index (χ0v) is 12.7. The SMILES string of the molecule is COc1cc(OC)cc(C2CN=C(N)N2C2CCCC2)c1. The minimum Gasteiger partial charge on any atom is -0.497 e. The van der Waals surface area contributed by atoms with Crippen molar-refractivity contribution < 1.29 is 9.47 Å². The van der Waals surface area contributed by atoms with Gasteiger partial charge in [-0.05, 0) is 30.5 Å². The van der Waals surface area contributed by atoms with Crippen LogP contribution in [-0.4, -0.2) is 37.7 Å². The van der Waals surface area contributed by atoms with Gasteiger partial charge in [0.05, 0.1) is 26.8 Å². The van der Waals surface area contributed by atoms with Crippen LogP contribution in [0.1, 0.15) is 37.3 Å². The van der Waals surface area contributed by atoms with Crippen molar-refractivity contribution in [3.8, 4) is 11.5 Å². The van der Waals surface area contributed by atoms with E-state index < -0.39 is 0 Å². The summed E-state index contributed by atoms with van der Waals surface area (Å²) in [5.41, 5.74) is 7.30. The Hall–Kier alpha value is -1.91. The zero-order valence-electron chi connectivity index (χ0n) is 12.7. The highest BCUT2D eigenvalue weighted by Crippen LogP contribution is 2.36. The lowest BCUT2D eigenvalue weighted by atomic mass is 10.0. The van der Waals surface area contributed by atoms with E-state index in [0.717, 1.165) is 17.1 Å². The molecule has 1 fully saturated rings. The number of nitrogens with zero attached hydrogens (tertiary/aromatic N) is 2. The Morgan fingerprint density at radius 3 is 2.29 bits per heavy atom. The molecule has 1 saturated carbocycles. The Bertz CT molecular complexity index is 516. The number of aliphatic imine (C=N–C) groups is 1. The highest BCUT2D eigenvalue weighted by Gasteiger charge is 2.35. The molecule has 1 heterocycles. The van der Waals surface area contributed by atoms with Crippen molar-refractivity contribution >= 4 is 5.96 Å². The monoisotopic (exact) mass is 289 g/mol. The average Bonchev–Trinajstić information content (AvgIpc) is 3.15. The number of guanidine groups is 1. The van der Waals surface area contributed by atoms with Crippen LogP contribution in [0.5, 0.6) is 11.5 Å². The Labute approximate surface area is 125 Å². The maximum Gasteiger partial charge on any atom is 0.192 e. The van der Waals surface area contributed by atoms with Crippen molar-refractivity contribution in [3.63, 3.8) is 0 Å². The molecule has 0 radical (unpaired) electrons. The van der Waals surface area contributed by atoms with Crippen molar-refractivity contribution in [3.05, 3.63) is 23.8 Å². The van der Waals surface area contributed by atoms with Crippen LogP contribution < -0.4 is 15.2 Å². The number of rotatable bonds is 4. The lowest BCUT2D eigenvalue weighted by molar-refractivity contribution is 0.261. The third kappa shape index (κ3) is 2.64. The van der Waals surface area contributed by atoms with Crippen LogP contribution in [0, 0.1) is 0 Å². The highest BCUT2D eigenvalue weighted by atomic mass is 16.5. The molecular weight excluding hydrogens is 266 g/mol. The molecule has 1 aliphatic carbocycles. The smallest absolute Gasteiger partial charge is 0.192 e. The maximum absolute atomic E-state index is 6.14. The lowest BCUT2D eigenvalue weighted by Gasteiger charge is -2.32. The van der Waals surface area contributed by atoms with Crippen LogP contribution in [0.2, 0.25) is 0 Å². The summed E-state index contributed by atoms with van der Waals surface area (Å²) in [6.07, 6.45) is 4.97. The molecule has 1 aromatic carbocycles. The summed E-state index contributed by atoms with van der Waals surface area (Å²) >= 11 is 0. The molecule has 1 aliphatic heterocycles. The molecule has 114 valence electrons. The standard InChI is InChI=1S/C16H23N3O2/c1-20-13-7-11(8-14(9-13)21-2)15-10-18-16(17)19(15)12-5-3-4-6-12/h7-9,12,15H,3-6,10H2,1-2H3,(H2,17,18). The molecule has 21 heavy (non-hydrogen) atoms. The molecule has 0 bridgehead atoms. The summed E-state index contributed by atoms with van der Waals surface area (Å²) in [6, 6.07) is 6.71. The average molecular weight is 289 g/mol.